The Hall–Kier alpha value is -0.0726. The zero-order chi connectivity index (χ0) is 8.48. The first-order valence-corrected chi connectivity index (χ1v) is 3.60. The van der Waals surface area contributed by atoms with Crippen molar-refractivity contribution in [2.75, 3.05) is 0 Å². The molecular weight excluding hydrogens is 161 g/mol. The first-order chi connectivity index (χ1) is 5.01. The van der Waals surface area contributed by atoms with Crippen LogP contribution in [0.15, 0.2) is 0 Å². The first-order valence-electron chi connectivity index (χ1n) is 3.60. The third-order valence-electron chi connectivity index (χ3n) is 2.05. The summed E-state index contributed by atoms with van der Waals surface area (Å²) in [7, 11) is 0. The molecule has 0 heterocycles. The smallest absolute Gasteiger partial charge is 0.550 e. The Morgan fingerprint density at radius 1 is 1.33 bits per heavy atom. The molecule has 0 aromatic carbocycles. The standard InChI is InChI=1S/C7H10F2O2.Li/c8-7(9)3-1-5(2-4-7)6(10)11;/h5H,1-4H2,(H,10,11);/q;+1/p-1. The molecule has 0 bridgehead atoms. The van der Waals surface area contributed by atoms with Crippen molar-refractivity contribution in [3.63, 3.8) is 0 Å². The van der Waals surface area contributed by atoms with Gasteiger partial charge in [0.1, 0.15) is 0 Å². The van der Waals surface area contributed by atoms with Gasteiger partial charge in [-0.25, -0.2) is 8.78 Å². The van der Waals surface area contributed by atoms with Gasteiger partial charge < -0.3 is 9.90 Å². The van der Waals surface area contributed by atoms with Crippen molar-refractivity contribution < 1.29 is 37.5 Å². The van der Waals surface area contributed by atoms with Gasteiger partial charge in [0.25, 0.3) is 0 Å². The van der Waals surface area contributed by atoms with Crippen LogP contribution in [0.3, 0.4) is 0 Å². The first kappa shape index (κ1) is 11.9. The molecule has 0 amide bonds. The van der Waals surface area contributed by atoms with E-state index in [-0.39, 0.29) is 44.5 Å². The molecule has 1 aliphatic rings. The Bertz CT molecular complexity index is 163. The maximum absolute atomic E-state index is 12.4. The summed E-state index contributed by atoms with van der Waals surface area (Å²) < 4.78 is 24.9. The van der Waals surface area contributed by atoms with Gasteiger partial charge in [-0.1, -0.05) is 0 Å². The van der Waals surface area contributed by atoms with Gasteiger partial charge in [0, 0.05) is 18.8 Å². The molecule has 0 aliphatic heterocycles. The molecule has 1 rings (SSSR count). The Morgan fingerprint density at radius 2 is 1.75 bits per heavy atom. The normalized spacial score (nSPS) is 22.8. The Kier molecular flexibility index (Phi) is 4.22. The average molecular weight is 170 g/mol. The van der Waals surface area contributed by atoms with Crippen molar-refractivity contribution in [1.29, 1.82) is 0 Å². The van der Waals surface area contributed by atoms with Crippen LogP contribution in [-0.2, 0) is 4.79 Å². The summed E-state index contributed by atoms with van der Waals surface area (Å²) in [5, 5.41) is 10.2. The van der Waals surface area contributed by atoms with Gasteiger partial charge >= 0.3 is 18.9 Å². The van der Waals surface area contributed by atoms with Crippen molar-refractivity contribution in [2.24, 2.45) is 5.92 Å². The Morgan fingerprint density at radius 3 is 2.08 bits per heavy atom. The predicted octanol–water partition coefficient (Wildman–Crippen LogP) is -2.43. The fourth-order valence-electron chi connectivity index (χ4n) is 1.28. The molecule has 0 unspecified atom stereocenters. The molecule has 0 aromatic heterocycles. The van der Waals surface area contributed by atoms with E-state index >= 15 is 0 Å². The summed E-state index contributed by atoms with van der Waals surface area (Å²) in [5.74, 6) is -4.50. The van der Waals surface area contributed by atoms with Crippen molar-refractivity contribution in [2.45, 2.75) is 31.6 Å². The van der Waals surface area contributed by atoms with E-state index in [1.54, 1.807) is 0 Å². The second kappa shape index (κ2) is 4.25. The molecule has 0 aromatic rings. The number of halogens is 2. The molecule has 64 valence electrons. The molecule has 12 heavy (non-hydrogen) atoms. The van der Waals surface area contributed by atoms with Crippen LogP contribution >= 0.6 is 0 Å². The summed E-state index contributed by atoms with van der Waals surface area (Å²) in [4.78, 5) is 10.2. The second-order valence-electron chi connectivity index (χ2n) is 2.95. The Balaban J connectivity index is 0.00000121. The van der Waals surface area contributed by atoms with Gasteiger partial charge in [0.15, 0.2) is 0 Å². The van der Waals surface area contributed by atoms with Crippen molar-refractivity contribution in [3.05, 3.63) is 0 Å². The van der Waals surface area contributed by atoms with E-state index in [9.17, 15) is 18.7 Å². The topological polar surface area (TPSA) is 40.1 Å². The van der Waals surface area contributed by atoms with Gasteiger partial charge in [0.2, 0.25) is 5.92 Å². The van der Waals surface area contributed by atoms with Crippen molar-refractivity contribution >= 4 is 5.97 Å². The van der Waals surface area contributed by atoms with E-state index in [1.165, 1.54) is 0 Å². The maximum atomic E-state index is 12.4. The van der Waals surface area contributed by atoms with Gasteiger partial charge in [0.05, 0.1) is 0 Å². The van der Waals surface area contributed by atoms with Gasteiger partial charge in [-0.3, -0.25) is 0 Å². The van der Waals surface area contributed by atoms with Crippen LogP contribution < -0.4 is 24.0 Å². The second-order valence-corrected chi connectivity index (χ2v) is 2.95. The molecule has 1 saturated carbocycles. The molecule has 0 radical (unpaired) electrons. The van der Waals surface area contributed by atoms with Gasteiger partial charge in [-0.2, -0.15) is 0 Å². The van der Waals surface area contributed by atoms with E-state index in [4.69, 9.17) is 0 Å². The number of carboxylic acids is 1. The van der Waals surface area contributed by atoms with Crippen LogP contribution in [-0.4, -0.2) is 11.9 Å². The minimum absolute atomic E-state index is 0. The van der Waals surface area contributed by atoms with E-state index < -0.39 is 17.8 Å². The zero-order valence-electron chi connectivity index (χ0n) is 6.98. The average Bonchev–Trinajstić information content (AvgIpc) is 1.86. The van der Waals surface area contributed by atoms with Crippen LogP contribution in [0.4, 0.5) is 8.78 Å². The number of hydrogen-bond donors (Lipinski definition) is 0. The molecule has 1 fully saturated rings. The monoisotopic (exact) mass is 170 g/mol. The molecular formula is C7H9F2LiO2. The van der Waals surface area contributed by atoms with Crippen LogP contribution in [0.2, 0.25) is 0 Å². The van der Waals surface area contributed by atoms with Crippen LogP contribution in [0.25, 0.3) is 0 Å². The molecule has 0 spiro atoms. The van der Waals surface area contributed by atoms with Crippen molar-refractivity contribution in [3.8, 4) is 0 Å². The summed E-state index contributed by atoms with van der Waals surface area (Å²) in [6, 6.07) is 0. The fourth-order valence-corrected chi connectivity index (χ4v) is 1.28. The summed E-state index contributed by atoms with van der Waals surface area (Å²) in [6.07, 6.45) is -0.526. The number of hydrogen-bond acceptors (Lipinski definition) is 2. The maximum Gasteiger partial charge on any atom is 1.00 e. The quantitative estimate of drug-likeness (QED) is 0.410. The van der Waals surface area contributed by atoms with E-state index in [1.807, 2.05) is 0 Å². The molecule has 5 heteroatoms. The van der Waals surface area contributed by atoms with Crippen LogP contribution in [0.5, 0.6) is 0 Å². The number of carboxylic acid groups (broad SMARTS) is 1. The molecule has 0 atom stereocenters. The fraction of sp³-hybridized carbons (Fsp3) is 0.857. The number of rotatable bonds is 1. The van der Waals surface area contributed by atoms with Crippen LogP contribution in [0, 0.1) is 5.92 Å². The molecule has 0 N–H and O–H groups in total. The number of carbonyl (C=O) groups excluding carboxylic acids is 1. The van der Waals surface area contributed by atoms with Gasteiger partial charge in [-0.15, -0.1) is 0 Å². The minimum atomic E-state index is -2.65. The van der Waals surface area contributed by atoms with Crippen molar-refractivity contribution in [1.82, 2.24) is 0 Å². The summed E-state index contributed by atoms with van der Waals surface area (Å²) >= 11 is 0. The molecule has 1 aliphatic carbocycles. The number of carbonyl (C=O) groups is 1. The third kappa shape index (κ3) is 3.12. The minimum Gasteiger partial charge on any atom is -0.550 e. The predicted molar refractivity (Wildman–Crippen MR) is 31.9 cm³/mol. The number of aliphatic carboxylic acids is 1. The van der Waals surface area contributed by atoms with E-state index in [2.05, 4.69) is 0 Å². The van der Waals surface area contributed by atoms with Gasteiger partial charge in [-0.05, 0) is 18.8 Å². The van der Waals surface area contributed by atoms with E-state index in [0.29, 0.717) is 0 Å². The summed E-state index contributed by atoms with van der Waals surface area (Å²) in [6.45, 7) is 0. The molecule has 0 saturated heterocycles. The zero-order valence-corrected chi connectivity index (χ0v) is 6.98. The number of alkyl halides is 2. The molecule has 2 nitrogen and oxygen atoms in total. The summed E-state index contributed by atoms with van der Waals surface area (Å²) in [5.41, 5.74) is 0. The SMILES string of the molecule is O=C([O-])C1CCC(F)(F)CC1.[Li+]. The van der Waals surface area contributed by atoms with E-state index in [0.717, 1.165) is 0 Å². The van der Waals surface area contributed by atoms with Crippen LogP contribution in [0.1, 0.15) is 25.7 Å². The largest absolute Gasteiger partial charge is 1.00 e. The third-order valence-corrected chi connectivity index (χ3v) is 2.05. The Labute approximate surface area is 81.5 Å².